The first-order valence-corrected chi connectivity index (χ1v) is 21.1. The van der Waals surface area contributed by atoms with Crippen LogP contribution in [-0.2, 0) is 10.8 Å². The van der Waals surface area contributed by atoms with Crippen LogP contribution in [-0.4, -0.2) is 16.2 Å². The third-order valence-corrected chi connectivity index (χ3v) is 12.5. The van der Waals surface area contributed by atoms with Crippen molar-refractivity contribution >= 4 is 38.9 Å². The Morgan fingerprint density at radius 2 is 1.07 bits per heavy atom. The van der Waals surface area contributed by atoms with E-state index in [1.807, 2.05) is 12.3 Å². The Kier molecular flexibility index (Phi) is 9.52. The molecule has 1 aliphatic heterocycles. The van der Waals surface area contributed by atoms with E-state index in [0.29, 0.717) is 6.67 Å². The molecule has 0 fully saturated rings. The number of ether oxygens (including phenoxy) is 1. The van der Waals surface area contributed by atoms with Gasteiger partial charge in [0.05, 0.1) is 23.4 Å². The van der Waals surface area contributed by atoms with Gasteiger partial charge in [0.2, 0.25) is 0 Å². The Bertz CT molecular complexity index is 3040. The highest BCUT2D eigenvalue weighted by atomic mass is 16.5. The second kappa shape index (κ2) is 15.3. The Hall–Kier alpha value is -7.37. The minimum absolute atomic E-state index is 0.147. The maximum absolute atomic E-state index is 6.76. The molecule has 2 aromatic heterocycles. The molecule has 0 bridgehead atoms. The topological polar surface area (TPSA) is 33.5 Å². The lowest BCUT2D eigenvalue weighted by atomic mass is 9.78. The zero-order valence-corrected chi connectivity index (χ0v) is 35.0. The molecule has 0 N–H and O–H groups in total. The molecule has 0 saturated heterocycles. The summed E-state index contributed by atoms with van der Waals surface area (Å²) in [5.41, 5.74) is 11.3. The van der Waals surface area contributed by atoms with Gasteiger partial charge in [0.15, 0.2) is 0 Å². The lowest BCUT2D eigenvalue weighted by Gasteiger charge is -2.28. The third-order valence-electron chi connectivity index (χ3n) is 12.5. The highest BCUT2D eigenvalue weighted by Gasteiger charge is 2.28. The van der Waals surface area contributed by atoms with Crippen molar-refractivity contribution in [3.05, 3.63) is 234 Å². The van der Waals surface area contributed by atoms with Gasteiger partial charge in [-0.1, -0.05) is 155 Å². The summed E-state index contributed by atoms with van der Waals surface area (Å²) in [5.74, 6) is 2.40. The van der Waals surface area contributed by atoms with Crippen LogP contribution in [0.5, 0.6) is 11.5 Å². The van der Waals surface area contributed by atoms with Gasteiger partial charge in [-0.05, 0) is 82.4 Å². The van der Waals surface area contributed by atoms with Crippen LogP contribution in [0.25, 0.3) is 33.3 Å². The molecule has 5 heteroatoms. The summed E-state index contributed by atoms with van der Waals surface area (Å²) in [7, 11) is 0. The van der Waals surface area contributed by atoms with Crippen LogP contribution in [0, 0.1) is 0 Å². The first-order valence-electron chi connectivity index (χ1n) is 21.1. The van der Waals surface area contributed by atoms with Gasteiger partial charge in [0.1, 0.15) is 17.3 Å². The Balaban J connectivity index is 0.984. The van der Waals surface area contributed by atoms with Crippen LogP contribution in [0.4, 0.5) is 11.4 Å². The highest BCUT2D eigenvalue weighted by Crippen LogP contribution is 2.40. The first kappa shape index (κ1) is 37.9. The van der Waals surface area contributed by atoms with Gasteiger partial charge in [-0.3, -0.25) is 4.57 Å². The fourth-order valence-electron chi connectivity index (χ4n) is 8.86. The number of hydrogen-bond acceptors (Lipinski definition) is 4. The number of para-hydroxylation sites is 1. The second-order valence-electron chi connectivity index (χ2n) is 17.0. The van der Waals surface area contributed by atoms with Crippen LogP contribution in [0.3, 0.4) is 0 Å². The average Bonchev–Trinajstić information content (AvgIpc) is 3.90. The molecular formula is C56H48N4O. The number of aromatic nitrogens is 2. The minimum Gasteiger partial charge on any atom is -0.457 e. The molecule has 0 amide bonds. The van der Waals surface area contributed by atoms with Gasteiger partial charge in [-0.2, -0.15) is 0 Å². The SMILES string of the molecule is CC(C)(c1ccccc1)c1cccc(N2C=C(c3ccccc3)N(c3cccc(Oc4ccc5c6ccccc6n(-c6cc(C(C)(C)c7ccccc7)ccn6)c5c4)c3)C2)c1. The molecule has 1 aliphatic rings. The summed E-state index contributed by atoms with van der Waals surface area (Å²) in [6.45, 7) is 9.80. The molecule has 5 nitrogen and oxygen atoms in total. The number of nitrogens with zero attached hydrogens (tertiary/aromatic N) is 4. The van der Waals surface area contributed by atoms with Crippen molar-refractivity contribution in [2.75, 3.05) is 16.5 Å². The van der Waals surface area contributed by atoms with E-state index in [9.17, 15) is 0 Å². The lowest BCUT2D eigenvalue weighted by molar-refractivity contribution is 0.483. The lowest BCUT2D eigenvalue weighted by Crippen LogP contribution is -2.26. The van der Waals surface area contributed by atoms with Crippen molar-refractivity contribution in [1.82, 2.24) is 9.55 Å². The Morgan fingerprint density at radius 3 is 1.80 bits per heavy atom. The summed E-state index contributed by atoms with van der Waals surface area (Å²) < 4.78 is 9.03. The average molecular weight is 793 g/mol. The largest absolute Gasteiger partial charge is 0.457 e. The minimum atomic E-state index is -0.206. The molecule has 9 aromatic rings. The highest BCUT2D eigenvalue weighted by molar-refractivity contribution is 6.09. The zero-order valence-electron chi connectivity index (χ0n) is 35.0. The molecule has 61 heavy (non-hydrogen) atoms. The summed E-state index contributed by atoms with van der Waals surface area (Å²) in [6.07, 6.45) is 4.20. The Morgan fingerprint density at radius 1 is 0.475 bits per heavy atom. The van der Waals surface area contributed by atoms with Crippen molar-refractivity contribution in [3.63, 3.8) is 0 Å². The molecule has 7 aromatic carbocycles. The van der Waals surface area contributed by atoms with Crippen molar-refractivity contribution in [2.45, 2.75) is 38.5 Å². The van der Waals surface area contributed by atoms with E-state index in [0.717, 1.165) is 56.4 Å². The number of pyridine rings is 1. The van der Waals surface area contributed by atoms with Crippen molar-refractivity contribution < 1.29 is 4.74 Å². The smallest absolute Gasteiger partial charge is 0.137 e. The number of benzene rings is 7. The van der Waals surface area contributed by atoms with E-state index < -0.39 is 0 Å². The Labute approximate surface area is 358 Å². The van der Waals surface area contributed by atoms with Gasteiger partial charge in [-0.25, -0.2) is 4.98 Å². The van der Waals surface area contributed by atoms with Gasteiger partial charge in [0.25, 0.3) is 0 Å². The van der Waals surface area contributed by atoms with Gasteiger partial charge < -0.3 is 14.5 Å². The summed E-state index contributed by atoms with van der Waals surface area (Å²) in [5, 5.41) is 2.32. The molecule has 0 spiro atoms. The molecule has 0 radical (unpaired) electrons. The van der Waals surface area contributed by atoms with E-state index in [4.69, 9.17) is 9.72 Å². The maximum Gasteiger partial charge on any atom is 0.137 e. The van der Waals surface area contributed by atoms with Crippen molar-refractivity contribution in [3.8, 4) is 17.3 Å². The monoisotopic (exact) mass is 792 g/mol. The van der Waals surface area contributed by atoms with Crippen LogP contribution >= 0.6 is 0 Å². The summed E-state index contributed by atoms with van der Waals surface area (Å²) in [4.78, 5) is 9.67. The van der Waals surface area contributed by atoms with E-state index in [1.54, 1.807) is 0 Å². The molecule has 0 aliphatic carbocycles. The number of fused-ring (bicyclic) bond motifs is 3. The predicted octanol–water partition coefficient (Wildman–Crippen LogP) is 13.9. The number of anilines is 2. The van der Waals surface area contributed by atoms with Crippen molar-refractivity contribution in [1.29, 1.82) is 0 Å². The molecule has 10 rings (SSSR count). The standard InChI is InChI=1S/C56H48N4O/c1-55(2,41-20-10-6-11-21-41)43-24-16-25-45(34-43)58-38-53(40-18-8-5-9-19-40)59(39-58)46-26-17-27-47(36-46)61-48-30-31-50-49-28-14-15-29-51(49)60(52(50)37-48)54-35-44(32-33-57-54)56(3,4)42-22-12-7-13-23-42/h5-38H,39H2,1-4H3. The summed E-state index contributed by atoms with van der Waals surface area (Å²) >= 11 is 0. The fraction of sp³-hybridized carbons (Fsp3) is 0.125. The zero-order chi connectivity index (χ0) is 41.6. The maximum atomic E-state index is 6.76. The molecule has 0 atom stereocenters. The van der Waals surface area contributed by atoms with Crippen LogP contribution in [0.1, 0.15) is 55.5 Å². The van der Waals surface area contributed by atoms with Gasteiger partial charge >= 0.3 is 0 Å². The van der Waals surface area contributed by atoms with Crippen LogP contribution in [0.15, 0.2) is 207 Å². The molecule has 3 heterocycles. The quantitative estimate of drug-likeness (QED) is 0.138. The first-order chi connectivity index (χ1) is 29.7. The van der Waals surface area contributed by atoms with Crippen LogP contribution in [0.2, 0.25) is 0 Å². The molecule has 0 unspecified atom stereocenters. The predicted molar refractivity (Wildman–Crippen MR) is 253 cm³/mol. The molecule has 298 valence electrons. The molecule has 0 saturated carbocycles. The van der Waals surface area contributed by atoms with Gasteiger partial charge in [0, 0.05) is 57.5 Å². The van der Waals surface area contributed by atoms with Gasteiger partial charge in [-0.15, -0.1) is 0 Å². The number of rotatable bonds is 10. The number of hydrogen-bond donors (Lipinski definition) is 0. The second-order valence-corrected chi connectivity index (χ2v) is 17.0. The van der Waals surface area contributed by atoms with E-state index in [-0.39, 0.29) is 10.8 Å². The van der Waals surface area contributed by atoms with E-state index in [2.05, 4.69) is 236 Å². The third kappa shape index (κ3) is 7.02. The van der Waals surface area contributed by atoms with Crippen LogP contribution < -0.4 is 14.5 Å². The molecular weight excluding hydrogens is 745 g/mol. The fourth-order valence-corrected chi connectivity index (χ4v) is 8.86. The van der Waals surface area contributed by atoms with Crippen molar-refractivity contribution in [2.24, 2.45) is 0 Å². The van der Waals surface area contributed by atoms with E-state index in [1.165, 1.54) is 27.6 Å². The van der Waals surface area contributed by atoms with E-state index >= 15 is 0 Å². The summed E-state index contributed by atoms with van der Waals surface area (Å²) in [6, 6.07) is 68.8. The normalized spacial score (nSPS) is 13.2.